The van der Waals surface area contributed by atoms with Crippen molar-refractivity contribution < 1.29 is 13.9 Å². The monoisotopic (exact) mass is 243 g/mol. The molecule has 2 N–H and O–H groups in total. The van der Waals surface area contributed by atoms with E-state index in [0.717, 1.165) is 4.90 Å². The Morgan fingerprint density at radius 1 is 1.50 bits per heavy atom. The summed E-state index contributed by atoms with van der Waals surface area (Å²) in [7, 11) is 1.31. The van der Waals surface area contributed by atoms with E-state index in [-0.39, 0.29) is 5.82 Å². The number of benzene rings is 1. The van der Waals surface area contributed by atoms with Crippen molar-refractivity contribution in [2.75, 3.05) is 12.9 Å². The minimum absolute atomic E-state index is 0.254. The third-order valence-corrected chi connectivity index (χ3v) is 3.06. The molecule has 5 heteroatoms. The Bertz CT molecular complexity index is 342. The Balaban J connectivity index is 2.30. The summed E-state index contributed by atoms with van der Waals surface area (Å²) in [6.07, 6.45) is 0.536. The molecule has 0 saturated heterocycles. The molecule has 0 spiro atoms. The fourth-order valence-electron chi connectivity index (χ4n) is 1.10. The molecule has 0 aliphatic heterocycles. The number of thioether (sulfide) groups is 1. The highest BCUT2D eigenvalue weighted by Crippen LogP contribution is 2.19. The lowest BCUT2D eigenvalue weighted by atomic mass is 10.2. The smallest absolute Gasteiger partial charge is 0.322 e. The van der Waals surface area contributed by atoms with Crippen molar-refractivity contribution in [2.24, 2.45) is 5.73 Å². The number of nitrogens with two attached hydrogens (primary N) is 1. The lowest BCUT2D eigenvalue weighted by molar-refractivity contribution is -0.142. The van der Waals surface area contributed by atoms with Crippen LogP contribution >= 0.6 is 11.8 Å². The van der Waals surface area contributed by atoms with Crippen molar-refractivity contribution in [3.05, 3.63) is 30.1 Å². The lowest BCUT2D eigenvalue weighted by Crippen LogP contribution is -2.31. The second-order valence-corrected chi connectivity index (χ2v) is 4.39. The standard InChI is InChI=1S/C11H14FNO2S/c1-15-11(14)10(13)6-7-16-9-4-2-8(12)3-5-9/h2-5,10H,6-7,13H2,1H3. The van der Waals surface area contributed by atoms with Crippen molar-refractivity contribution >= 4 is 17.7 Å². The first-order chi connectivity index (χ1) is 7.63. The zero-order valence-electron chi connectivity index (χ0n) is 8.98. The Labute approximate surface area is 98.2 Å². The molecule has 1 rings (SSSR count). The normalized spacial score (nSPS) is 12.2. The van der Waals surface area contributed by atoms with Crippen LogP contribution in [0.25, 0.3) is 0 Å². The summed E-state index contributed by atoms with van der Waals surface area (Å²) in [5, 5.41) is 0. The highest BCUT2D eigenvalue weighted by atomic mass is 32.2. The molecule has 0 saturated carbocycles. The summed E-state index contributed by atoms with van der Waals surface area (Å²) in [5.74, 6) is 0.0392. The minimum Gasteiger partial charge on any atom is -0.468 e. The van der Waals surface area contributed by atoms with Crippen LogP contribution in [-0.4, -0.2) is 24.9 Å². The maximum absolute atomic E-state index is 12.6. The van der Waals surface area contributed by atoms with Gasteiger partial charge in [0.15, 0.2) is 0 Å². The molecule has 88 valence electrons. The molecule has 0 amide bonds. The second-order valence-electron chi connectivity index (χ2n) is 3.22. The fraction of sp³-hybridized carbons (Fsp3) is 0.364. The first kappa shape index (κ1) is 13.0. The Morgan fingerprint density at radius 3 is 2.69 bits per heavy atom. The molecular formula is C11H14FNO2S. The fourth-order valence-corrected chi connectivity index (χ4v) is 2.04. The second kappa shape index (κ2) is 6.50. The van der Waals surface area contributed by atoms with Crippen LogP contribution in [0.15, 0.2) is 29.2 Å². The average Bonchev–Trinajstić information content (AvgIpc) is 2.30. The summed E-state index contributed by atoms with van der Waals surface area (Å²) >= 11 is 1.53. The number of hydrogen-bond donors (Lipinski definition) is 1. The van der Waals surface area contributed by atoms with Crippen LogP contribution in [-0.2, 0) is 9.53 Å². The highest BCUT2D eigenvalue weighted by molar-refractivity contribution is 7.99. The van der Waals surface area contributed by atoms with E-state index < -0.39 is 12.0 Å². The van der Waals surface area contributed by atoms with E-state index >= 15 is 0 Å². The largest absolute Gasteiger partial charge is 0.468 e. The number of methoxy groups -OCH3 is 1. The third-order valence-electron chi connectivity index (χ3n) is 2.02. The van der Waals surface area contributed by atoms with Gasteiger partial charge < -0.3 is 10.5 Å². The maximum Gasteiger partial charge on any atom is 0.322 e. The molecule has 0 fully saturated rings. The minimum atomic E-state index is -0.585. The van der Waals surface area contributed by atoms with Gasteiger partial charge in [-0.05, 0) is 30.7 Å². The van der Waals surface area contributed by atoms with E-state index in [2.05, 4.69) is 4.74 Å². The van der Waals surface area contributed by atoms with E-state index in [0.29, 0.717) is 12.2 Å². The molecule has 0 aliphatic rings. The van der Waals surface area contributed by atoms with E-state index in [1.807, 2.05) is 0 Å². The molecule has 16 heavy (non-hydrogen) atoms. The van der Waals surface area contributed by atoms with Gasteiger partial charge in [0.05, 0.1) is 7.11 Å². The predicted molar refractivity (Wildman–Crippen MR) is 61.7 cm³/mol. The van der Waals surface area contributed by atoms with Gasteiger partial charge in [-0.3, -0.25) is 4.79 Å². The van der Waals surface area contributed by atoms with Gasteiger partial charge >= 0.3 is 5.97 Å². The number of carbonyl (C=O) groups excluding carboxylic acids is 1. The topological polar surface area (TPSA) is 52.3 Å². The van der Waals surface area contributed by atoms with Crippen LogP contribution in [0.2, 0.25) is 0 Å². The molecule has 1 aromatic rings. The number of esters is 1. The molecule has 1 aromatic carbocycles. The lowest BCUT2D eigenvalue weighted by Gasteiger charge is -2.08. The van der Waals surface area contributed by atoms with E-state index in [4.69, 9.17) is 5.73 Å². The molecular weight excluding hydrogens is 229 g/mol. The summed E-state index contributed by atoms with van der Waals surface area (Å²) in [5.41, 5.74) is 5.57. The average molecular weight is 243 g/mol. The van der Waals surface area contributed by atoms with E-state index in [1.165, 1.54) is 31.0 Å². The zero-order valence-corrected chi connectivity index (χ0v) is 9.80. The van der Waals surface area contributed by atoms with Gasteiger partial charge in [0.1, 0.15) is 11.9 Å². The van der Waals surface area contributed by atoms with Gasteiger partial charge in [-0.2, -0.15) is 0 Å². The molecule has 1 atom stereocenters. The zero-order chi connectivity index (χ0) is 12.0. The molecule has 1 unspecified atom stereocenters. The van der Waals surface area contributed by atoms with Crippen LogP contribution in [0.3, 0.4) is 0 Å². The summed E-state index contributed by atoms with van der Waals surface area (Å²) in [4.78, 5) is 11.9. The van der Waals surface area contributed by atoms with Crippen molar-refractivity contribution in [3.8, 4) is 0 Å². The van der Waals surface area contributed by atoms with Crippen molar-refractivity contribution in [3.63, 3.8) is 0 Å². The summed E-state index contributed by atoms with van der Waals surface area (Å²) in [6.45, 7) is 0. The van der Waals surface area contributed by atoms with Crippen LogP contribution in [0.5, 0.6) is 0 Å². The van der Waals surface area contributed by atoms with Gasteiger partial charge in [0.25, 0.3) is 0 Å². The van der Waals surface area contributed by atoms with Crippen LogP contribution in [0.1, 0.15) is 6.42 Å². The van der Waals surface area contributed by atoms with Gasteiger partial charge in [-0.25, -0.2) is 4.39 Å². The Morgan fingerprint density at radius 2 is 2.12 bits per heavy atom. The first-order valence-corrected chi connectivity index (χ1v) is 5.84. The third kappa shape index (κ3) is 4.20. The van der Waals surface area contributed by atoms with Crippen LogP contribution in [0, 0.1) is 5.82 Å². The predicted octanol–water partition coefficient (Wildman–Crippen LogP) is 1.81. The SMILES string of the molecule is COC(=O)C(N)CCSc1ccc(F)cc1. The van der Waals surface area contributed by atoms with Crippen LogP contribution in [0.4, 0.5) is 4.39 Å². The van der Waals surface area contributed by atoms with Gasteiger partial charge in [0, 0.05) is 10.6 Å². The van der Waals surface area contributed by atoms with Gasteiger partial charge in [0.2, 0.25) is 0 Å². The number of hydrogen-bond acceptors (Lipinski definition) is 4. The van der Waals surface area contributed by atoms with E-state index in [9.17, 15) is 9.18 Å². The van der Waals surface area contributed by atoms with Crippen molar-refractivity contribution in [1.82, 2.24) is 0 Å². The molecule has 0 radical (unpaired) electrons. The molecule has 0 heterocycles. The first-order valence-electron chi connectivity index (χ1n) is 4.85. The molecule has 0 aromatic heterocycles. The van der Waals surface area contributed by atoms with Crippen molar-refractivity contribution in [2.45, 2.75) is 17.4 Å². The number of halogens is 1. The number of rotatable bonds is 5. The quantitative estimate of drug-likeness (QED) is 0.633. The Hall–Kier alpha value is -1.07. The number of carbonyl (C=O) groups is 1. The van der Waals surface area contributed by atoms with Crippen LogP contribution < -0.4 is 5.73 Å². The van der Waals surface area contributed by atoms with Gasteiger partial charge in [-0.1, -0.05) is 0 Å². The molecule has 3 nitrogen and oxygen atoms in total. The maximum atomic E-state index is 12.6. The van der Waals surface area contributed by atoms with Crippen molar-refractivity contribution in [1.29, 1.82) is 0 Å². The van der Waals surface area contributed by atoms with E-state index in [1.54, 1.807) is 12.1 Å². The van der Waals surface area contributed by atoms with Gasteiger partial charge in [-0.15, -0.1) is 11.8 Å². The summed E-state index contributed by atoms with van der Waals surface area (Å²) < 4.78 is 17.1. The highest BCUT2D eigenvalue weighted by Gasteiger charge is 2.12. The summed E-state index contributed by atoms with van der Waals surface area (Å²) in [6, 6.07) is 5.62. The Kier molecular flexibility index (Phi) is 5.28. The number of ether oxygens (including phenoxy) is 1. The molecule has 0 aliphatic carbocycles. The molecule has 0 bridgehead atoms.